The molecule has 2 rings (SSSR count). The molecule has 22 heavy (non-hydrogen) atoms. The number of rotatable bonds is 5. The van der Waals surface area contributed by atoms with Crippen molar-refractivity contribution in [1.29, 1.82) is 0 Å². The number of nitrogens with zero attached hydrogens (tertiary/aromatic N) is 5. The number of aromatic nitrogens is 3. The lowest BCUT2D eigenvalue weighted by molar-refractivity contribution is -0.384. The van der Waals surface area contributed by atoms with Crippen LogP contribution in [0.25, 0.3) is 11.4 Å². The van der Waals surface area contributed by atoms with Gasteiger partial charge in [-0.25, -0.2) is 0 Å². The molecule has 1 aromatic carbocycles. The Kier molecular flexibility index (Phi) is 4.76. The monoisotopic (exact) mass is 321 g/mol. The van der Waals surface area contributed by atoms with Crippen molar-refractivity contribution < 1.29 is 9.72 Å². The van der Waals surface area contributed by atoms with E-state index in [0.29, 0.717) is 16.5 Å². The largest absolute Gasteiger partial charge is 0.348 e. The number of nitro benzene ring substituents is 1. The van der Waals surface area contributed by atoms with E-state index in [4.69, 9.17) is 0 Å². The molecule has 0 radical (unpaired) electrons. The summed E-state index contributed by atoms with van der Waals surface area (Å²) in [7, 11) is 5.14. The highest BCUT2D eigenvalue weighted by molar-refractivity contribution is 7.99. The number of nitro groups is 1. The van der Waals surface area contributed by atoms with Gasteiger partial charge in [0.2, 0.25) is 5.91 Å². The van der Waals surface area contributed by atoms with Crippen LogP contribution in [0.5, 0.6) is 0 Å². The summed E-state index contributed by atoms with van der Waals surface area (Å²) in [6.07, 6.45) is 0. The zero-order chi connectivity index (χ0) is 16.3. The Bertz CT molecular complexity index is 713. The summed E-state index contributed by atoms with van der Waals surface area (Å²) in [6, 6.07) is 6.20. The number of non-ortho nitro benzene ring substituents is 1. The first-order chi connectivity index (χ1) is 10.4. The second-order valence-corrected chi connectivity index (χ2v) is 5.69. The quantitative estimate of drug-likeness (QED) is 0.471. The molecule has 0 aliphatic heterocycles. The first-order valence-electron chi connectivity index (χ1n) is 6.37. The minimum atomic E-state index is -0.453. The van der Waals surface area contributed by atoms with Gasteiger partial charge in [0, 0.05) is 38.8 Å². The first-order valence-corrected chi connectivity index (χ1v) is 7.36. The van der Waals surface area contributed by atoms with Crippen LogP contribution in [-0.4, -0.2) is 50.3 Å². The highest BCUT2D eigenvalue weighted by Crippen LogP contribution is 2.25. The molecule has 0 bridgehead atoms. The molecule has 0 aliphatic rings. The molecular weight excluding hydrogens is 306 g/mol. The maximum absolute atomic E-state index is 11.6. The summed E-state index contributed by atoms with van der Waals surface area (Å²) >= 11 is 1.27. The van der Waals surface area contributed by atoms with Crippen LogP contribution in [0.4, 0.5) is 5.69 Å². The molecule has 0 atom stereocenters. The molecule has 0 unspecified atom stereocenters. The molecule has 9 heteroatoms. The van der Waals surface area contributed by atoms with Gasteiger partial charge in [0.15, 0.2) is 11.0 Å². The average molecular weight is 321 g/mol. The van der Waals surface area contributed by atoms with Crippen LogP contribution in [0.15, 0.2) is 29.4 Å². The van der Waals surface area contributed by atoms with E-state index < -0.39 is 4.92 Å². The fourth-order valence-corrected chi connectivity index (χ4v) is 2.60. The van der Waals surface area contributed by atoms with Crippen molar-refractivity contribution in [2.24, 2.45) is 7.05 Å². The third kappa shape index (κ3) is 3.42. The van der Waals surface area contributed by atoms with Gasteiger partial charge in [-0.3, -0.25) is 14.9 Å². The van der Waals surface area contributed by atoms with E-state index in [1.807, 2.05) is 0 Å². The number of hydrogen-bond acceptors (Lipinski definition) is 6. The average Bonchev–Trinajstić information content (AvgIpc) is 2.85. The molecule has 1 amide bonds. The predicted octanol–water partition coefficient (Wildman–Crippen LogP) is 1.57. The smallest absolute Gasteiger partial charge is 0.270 e. The van der Waals surface area contributed by atoms with Gasteiger partial charge in [0.05, 0.1) is 10.7 Å². The maximum Gasteiger partial charge on any atom is 0.270 e. The van der Waals surface area contributed by atoms with E-state index in [9.17, 15) is 14.9 Å². The van der Waals surface area contributed by atoms with E-state index in [1.165, 1.54) is 28.8 Å². The molecule has 0 saturated carbocycles. The van der Waals surface area contributed by atoms with Crippen molar-refractivity contribution in [2.75, 3.05) is 19.8 Å². The molecule has 8 nitrogen and oxygen atoms in total. The van der Waals surface area contributed by atoms with E-state index in [2.05, 4.69) is 10.2 Å². The Balaban J connectivity index is 2.22. The molecule has 2 aromatic rings. The van der Waals surface area contributed by atoms with Crippen LogP contribution in [0.2, 0.25) is 0 Å². The summed E-state index contributed by atoms with van der Waals surface area (Å²) in [5.41, 5.74) is 0.604. The van der Waals surface area contributed by atoms with Crippen LogP contribution >= 0.6 is 11.8 Å². The molecule has 0 spiro atoms. The molecule has 0 aliphatic carbocycles. The van der Waals surface area contributed by atoms with Crippen LogP contribution < -0.4 is 0 Å². The highest BCUT2D eigenvalue weighted by atomic mass is 32.2. The Morgan fingerprint density at radius 1 is 1.41 bits per heavy atom. The SMILES string of the molecule is CN(C)C(=O)CSc1nnc(-c2cccc([N+](=O)[O-])c2)n1C. The number of carbonyl (C=O) groups excluding carboxylic acids is 1. The zero-order valence-electron chi connectivity index (χ0n) is 12.4. The van der Waals surface area contributed by atoms with Crippen LogP contribution in [0.3, 0.4) is 0 Å². The Hall–Kier alpha value is -2.42. The van der Waals surface area contributed by atoms with E-state index >= 15 is 0 Å². The van der Waals surface area contributed by atoms with Crippen LogP contribution in [0, 0.1) is 10.1 Å². The van der Waals surface area contributed by atoms with Gasteiger partial charge in [0.1, 0.15) is 0 Å². The lowest BCUT2D eigenvalue weighted by Gasteiger charge is -2.09. The fourth-order valence-electron chi connectivity index (χ4n) is 1.71. The number of carbonyl (C=O) groups is 1. The highest BCUT2D eigenvalue weighted by Gasteiger charge is 2.15. The van der Waals surface area contributed by atoms with Crippen molar-refractivity contribution in [2.45, 2.75) is 5.16 Å². The Labute approximate surface area is 131 Å². The summed E-state index contributed by atoms with van der Waals surface area (Å²) in [6.45, 7) is 0. The molecule has 116 valence electrons. The van der Waals surface area contributed by atoms with Crippen molar-refractivity contribution in [3.8, 4) is 11.4 Å². The van der Waals surface area contributed by atoms with Gasteiger partial charge in [-0.1, -0.05) is 23.9 Å². The predicted molar refractivity (Wildman–Crippen MR) is 82.5 cm³/mol. The van der Waals surface area contributed by atoms with Crippen molar-refractivity contribution in [3.05, 3.63) is 34.4 Å². The summed E-state index contributed by atoms with van der Waals surface area (Å²) in [5.74, 6) is 0.752. The fraction of sp³-hybridized carbons (Fsp3) is 0.308. The Morgan fingerprint density at radius 3 is 2.77 bits per heavy atom. The lowest BCUT2D eigenvalue weighted by atomic mass is 10.2. The number of hydrogen-bond donors (Lipinski definition) is 0. The summed E-state index contributed by atoms with van der Waals surface area (Å²) in [5, 5.41) is 19.5. The van der Waals surface area contributed by atoms with Gasteiger partial charge in [-0.2, -0.15) is 0 Å². The van der Waals surface area contributed by atoms with Gasteiger partial charge >= 0.3 is 0 Å². The van der Waals surface area contributed by atoms with Gasteiger partial charge in [-0.15, -0.1) is 10.2 Å². The van der Waals surface area contributed by atoms with E-state index in [0.717, 1.165) is 0 Å². The van der Waals surface area contributed by atoms with Crippen molar-refractivity contribution >= 4 is 23.4 Å². The molecule has 0 fully saturated rings. The summed E-state index contributed by atoms with van der Waals surface area (Å²) in [4.78, 5) is 23.5. The van der Waals surface area contributed by atoms with Crippen molar-refractivity contribution in [3.63, 3.8) is 0 Å². The third-order valence-electron chi connectivity index (χ3n) is 2.97. The van der Waals surface area contributed by atoms with E-state index in [1.54, 1.807) is 37.8 Å². The normalized spacial score (nSPS) is 10.5. The second-order valence-electron chi connectivity index (χ2n) is 4.75. The maximum atomic E-state index is 11.6. The molecule has 0 N–H and O–H groups in total. The lowest BCUT2D eigenvalue weighted by Crippen LogP contribution is -2.23. The van der Waals surface area contributed by atoms with E-state index in [-0.39, 0.29) is 17.3 Å². The first kappa shape index (κ1) is 16.0. The van der Waals surface area contributed by atoms with Crippen molar-refractivity contribution in [1.82, 2.24) is 19.7 Å². The van der Waals surface area contributed by atoms with Gasteiger partial charge < -0.3 is 9.47 Å². The van der Waals surface area contributed by atoms with Crippen LogP contribution in [0.1, 0.15) is 0 Å². The number of benzene rings is 1. The molecule has 1 aromatic heterocycles. The zero-order valence-corrected chi connectivity index (χ0v) is 13.2. The second kappa shape index (κ2) is 6.56. The summed E-state index contributed by atoms with van der Waals surface area (Å²) < 4.78 is 1.71. The topological polar surface area (TPSA) is 94.2 Å². The minimum absolute atomic E-state index is 0.00233. The standard InChI is InChI=1S/C13H15N5O3S/c1-16(2)11(19)8-22-13-15-14-12(17(13)3)9-5-4-6-10(7-9)18(20)21/h4-7H,8H2,1-3H3. The molecule has 0 saturated heterocycles. The van der Waals surface area contributed by atoms with Gasteiger partial charge in [-0.05, 0) is 0 Å². The minimum Gasteiger partial charge on any atom is -0.348 e. The number of thioether (sulfide) groups is 1. The van der Waals surface area contributed by atoms with Gasteiger partial charge in [0.25, 0.3) is 5.69 Å². The Morgan fingerprint density at radius 2 is 2.14 bits per heavy atom. The number of amides is 1. The third-order valence-corrected chi connectivity index (χ3v) is 3.98. The molecule has 1 heterocycles. The molecular formula is C13H15N5O3S. The van der Waals surface area contributed by atoms with Crippen LogP contribution in [-0.2, 0) is 11.8 Å².